The predicted octanol–water partition coefficient (Wildman–Crippen LogP) is 4.73. The molecule has 0 unspecified atom stereocenters. The normalized spacial score (nSPS) is 18.5. The summed E-state index contributed by atoms with van der Waals surface area (Å²) in [4.78, 5) is 40.7. The highest BCUT2D eigenvalue weighted by Crippen LogP contribution is 2.44. The quantitative estimate of drug-likeness (QED) is 0.440. The number of carbonyl (C=O) groups excluding carboxylic acids is 2. The van der Waals surface area contributed by atoms with Crippen LogP contribution in [-0.4, -0.2) is 41.2 Å². The Hall–Kier alpha value is -3.72. The number of carboxylic acids is 1. The molecular formula is C26H25N3O5S. The van der Waals surface area contributed by atoms with E-state index in [0.717, 1.165) is 46.4 Å². The van der Waals surface area contributed by atoms with Gasteiger partial charge in [-0.15, -0.1) is 0 Å². The summed E-state index contributed by atoms with van der Waals surface area (Å²) in [7, 11) is 0. The zero-order chi connectivity index (χ0) is 24.4. The maximum Gasteiger partial charge on any atom is 0.413 e. The van der Waals surface area contributed by atoms with E-state index in [-0.39, 0.29) is 29.5 Å². The number of hydrogen-bond acceptors (Lipinski definition) is 6. The molecule has 3 N–H and O–H groups in total. The van der Waals surface area contributed by atoms with Crippen molar-refractivity contribution in [3.63, 3.8) is 0 Å². The van der Waals surface area contributed by atoms with Crippen LogP contribution in [0.1, 0.15) is 46.0 Å². The number of nitrogens with zero attached hydrogens (tertiary/aromatic N) is 1. The monoisotopic (exact) mass is 491 g/mol. The molecule has 0 radical (unpaired) electrons. The molecule has 0 bridgehead atoms. The van der Waals surface area contributed by atoms with E-state index in [9.17, 15) is 19.5 Å². The smallest absolute Gasteiger partial charge is 0.413 e. The number of carbonyl (C=O) groups is 3. The summed E-state index contributed by atoms with van der Waals surface area (Å²) in [5, 5.41) is 14.9. The van der Waals surface area contributed by atoms with Crippen LogP contribution >= 0.6 is 11.3 Å². The van der Waals surface area contributed by atoms with E-state index in [1.807, 2.05) is 24.3 Å². The van der Waals surface area contributed by atoms with Crippen molar-refractivity contribution in [3.05, 3.63) is 70.7 Å². The maximum atomic E-state index is 12.5. The number of ether oxygens (including phenoxy) is 1. The first-order valence-corrected chi connectivity index (χ1v) is 12.4. The van der Waals surface area contributed by atoms with Crippen LogP contribution in [0.2, 0.25) is 0 Å². The third kappa shape index (κ3) is 4.77. The van der Waals surface area contributed by atoms with E-state index in [4.69, 9.17) is 4.74 Å². The molecule has 1 heterocycles. The molecule has 2 aliphatic carbocycles. The second-order valence-electron chi connectivity index (χ2n) is 8.83. The van der Waals surface area contributed by atoms with Crippen molar-refractivity contribution >= 4 is 34.4 Å². The number of amides is 2. The Morgan fingerprint density at radius 1 is 1.03 bits per heavy atom. The third-order valence-electron chi connectivity index (χ3n) is 6.78. The molecule has 2 aliphatic rings. The van der Waals surface area contributed by atoms with Gasteiger partial charge in [-0.3, -0.25) is 14.9 Å². The lowest BCUT2D eigenvalue weighted by atomic mass is 9.96. The number of fused-ring (bicyclic) bond motifs is 3. The summed E-state index contributed by atoms with van der Waals surface area (Å²) < 4.78 is 5.52. The number of carboxylic acid groups (broad SMARTS) is 1. The van der Waals surface area contributed by atoms with Gasteiger partial charge < -0.3 is 15.2 Å². The standard InChI is InChI=1S/C26H25N3O5S/c30-23(27-12-15-6-5-11-16(15)24(31)32)22-13-28-25(35-22)29-26(33)34-14-21-19-9-3-1-7-17(19)18-8-2-4-10-20(18)21/h1-4,7-10,13,15-16,21H,5-6,11-12,14H2,(H,27,30)(H,31,32)(H,28,29,33)/t15-,16-/m0/s1. The molecule has 3 aromatic rings. The van der Waals surface area contributed by atoms with E-state index in [2.05, 4.69) is 39.9 Å². The van der Waals surface area contributed by atoms with Crippen LogP contribution in [0.5, 0.6) is 0 Å². The van der Waals surface area contributed by atoms with Crippen molar-refractivity contribution in [2.24, 2.45) is 11.8 Å². The van der Waals surface area contributed by atoms with Crippen molar-refractivity contribution < 1.29 is 24.2 Å². The van der Waals surface area contributed by atoms with Crippen molar-refractivity contribution in [2.75, 3.05) is 18.5 Å². The number of hydrogen-bond donors (Lipinski definition) is 3. The minimum absolute atomic E-state index is 0.0454. The van der Waals surface area contributed by atoms with Crippen LogP contribution in [0.4, 0.5) is 9.93 Å². The molecule has 0 aliphatic heterocycles. The summed E-state index contributed by atoms with van der Waals surface area (Å²) in [5.41, 5.74) is 4.56. The second kappa shape index (κ2) is 9.87. The SMILES string of the molecule is O=C(Nc1ncc(C(=O)NC[C@@H]2CCC[C@@H]2C(=O)O)s1)OCC1c2ccccc2-c2ccccc21. The van der Waals surface area contributed by atoms with Crippen molar-refractivity contribution in [1.29, 1.82) is 0 Å². The molecular weight excluding hydrogens is 466 g/mol. The molecule has 0 saturated heterocycles. The van der Waals surface area contributed by atoms with E-state index in [0.29, 0.717) is 17.8 Å². The molecule has 1 aromatic heterocycles. The summed E-state index contributed by atoms with van der Waals surface area (Å²) in [6.07, 6.45) is 3.04. The van der Waals surface area contributed by atoms with Gasteiger partial charge in [-0.25, -0.2) is 9.78 Å². The predicted molar refractivity (Wildman–Crippen MR) is 132 cm³/mol. The lowest BCUT2D eigenvalue weighted by molar-refractivity contribution is -0.142. The van der Waals surface area contributed by atoms with E-state index in [1.165, 1.54) is 6.20 Å². The summed E-state index contributed by atoms with van der Waals surface area (Å²) >= 11 is 1.04. The first kappa shape index (κ1) is 23.0. The summed E-state index contributed by atoms with van der Waals surface area (Å²) in [5.74, 6) is -1.67. The van der Waals surface area contributed by atoms with Crippen LogP contribution in [0.3, 0.4) is 0 Å². The van der Waals surface area contributed by atoms with Gasteiger partial charge in [0.15, 0.2) is 5.13 Å². The summed E-state index contributed by atoms with van der Waals surface area (Å²) in [6, 6.07) is 16.2. The van der Waals surface area contributed by atoms with E-state index in [1.54, 1.807) is 0 Å². The number of thiazole rings is 1. The van der Waals surface area contributed by atoms with E-state index < -0.39 is 18.0 Å². The molecule has 2 amide bonds. The first-order valence-electron chi connectivity index (χ1n) is 11.6. The van der Waals surface area contributed by atoms with Crippen molar-refractivity contribution in [1.82, 2.24) is 10.3 Å². The minimum atomic E-state index is -0.811. The highest BCUT2D eigenvalue weighted by molar-refractivity contribution is 7.17. The fourth-order valence-corrected chi connectivity index (χ4v) is 5.79. The average molecular weight is 492 g/mol. The van der Waals surface area contributed by atoms with Gasteiger partial charge in [-0.2, -0.15) is 0 Å². The number of rotatable bonds is 7. The highest BCUT2D eigenvalue weighted by atomic mass is 32.1. The van der Waals surface area contributed by atoms with Crippen molar-refractivity contribution in [3.8, 4) is 11.1 Å². The highest BCUT2D eigenvalue weighted by Gasteiger charge is 2.33. The van der Waals surface area contributed by atoms with Gasteiger partial charge in [0.1, 0.15) is 11.5 Å². The first-order chi connectivity index (χ1) is 17.0. The number of anilines is 1. The molecule has 5 rings (SSSR count). The van der Waals surface area contributed by atoms with Gasteiger partial charge in [0.25, 0.3) is 5.91 Å². The van der Waals surface area contributed by atoms with Crippen LogP contribution in [-0.2, 0) is 9.53 Å². The second-order valence-corrected chi connectivity index (χ2v) is 9.86. The molecule has 0 spiro atoms. The van der Waals surface area contributed by atoms with Gasteiger partial charge in [0.05, 0.1) is 12.1 Å². The van der Waals surface area contributed by atoms with Gasteiger partial charge in [-0.05, 0) is 41.0 Å². The van der Waals surface area contributed by atoms with E-state index >= 15 is 0 Å². The Morgan fingerprint density at radius 2 is 1.71 bits per heavy atom. The molecule has 9 heteroatoms. The molecule has 1 saturated carbocycles. The number of aromatic nitrogens is 1. The Balaban J connectivity index is 1.15. The Morgan fingerprint density at radius 3 is 2.40 bits per heavy atom. The largest absolute Gasteiger partial charge is 0.481 e. The van der Waals surface area contributed by atoms with Crippen LogP contribution in [0, 0.1) is 11.8 Å². The molecule has 8 nitrogen and oxygen atoms in total. The van der Waals surface area contributed by atoms with Gasteiger partial charge in [-0.1, -0.05) is 66.3 Å². The molecule has 2 aromatic carbocycles. The molecule has 35 heavy (non-hydrogen) atoms. The minimum Gasteiger partial charge on any atom is -0.481 e. The molecule has 2 atom stereocenters. The van der Waals surface area contributed by atoms with Crippen LogP contribution < -0.4 is 10.6 Å². The maximum absolute atomic E-state index is 12.5. The molecule has 1 fully saturated rings. The van der Waals surface area contributed by atoms with Crippen LogP contribution in [0.25, 0.3) is 11.1 Å². The number of aliphatic carboxylic acids is 1. The van der Waals surface area contributed by atoms with Crippen LogP contribution in [0.15, 0.2) is 54.7 Å². The zero-order valence-corrected chi connectivity index (χ0v) is 19.7. The molecule has 180 valence electrons. The lowest BCUT2D eigenvalue weighted by Crippen LogP contribution is -2.32. The fourth-order valence-electron chi connectivity index (χ4n) is 5.08. The van der Waals surface area contributed by atoms with Gasteiger partial charge in [0.2, 0.25) is 0 Å². The average Bonchev–Trinajstić information content (AvgIpc) is 3.59. The topological polar surface area (TPSA) is 118 Å². The van der Waals surface area contributed by atoms with Crippen molar-refractivity contribution in [2.45, 2.75) is 25.2 Å². The van der Waals surface area contributed by atoms with Gasteiger partial charge >= 0.3 is 12.1 Å². The Labute approximate surface area is 206 Å². The Bertz CT molecular complexity index is 1230. The van der Waals surface area contributed by atoms with Gasteiger partial charge in [0, 0.05) is 12.5 Å². The summed E-state index contributed by atoms with van der Waals surface area (Å²) in [6.45, 7) is 0.494. The zero-order valence-electron chi connectivity index (χ0n) is 18.9. The Kier molecular flexibility index (Phi) is 6.50. The third-order valence-corrected chi connectivity index (χ3v) is 7.69. The number of nitrogens with one attached hydrogen (secondary N) is 2. The fraction of sp³-hybridized carbons (Fsp3) is 0.308. The number of benzene rings is 2. The lowest BCUT2D eigenvalue weighted by Gasteiger charge is -2.15.